The molecule has 0 bridgehead atoms. The predicted molar refractivity (Wildman–Crippen MR) is 107 cm³/mol. The van der Waals surface area contributed by atoms with Gasteiger partial charge in [-0.1, -0.05) is 30.3 Å². The van der Waals surface area contributed by atoms with Crippen LogP contribution in [0.15, 0.2) is 48.5 Å². The number of nitrogens with zero attached hydrogens (tertiary/aromatic N) is 3. The van der Waals surface area contributed by atoms with E-state index in [1.54, 1.807) is 36.2 Å². The Balaban J connectivity index is 1.51. The number of fused-ring (bicyclic) bond motifs is 2. The molecule has 0 unspecified atom stereocenters. The predicted octanol–water partition coefficient (Wildman–Crippen LogP) is 3.04. The van der Waals surface area contributed by atoms with Crippen LogP contribution in [-0.4, -0.2) is 46.1 Å². The summed E-state index contributed by atoms with van der Waals surface area (Å²) in [6.45, 7) is 1.63. The van der Waals surface area contributed by atoms with Gasteiger partial charge in [0.15, 0.2) is 0 Å². The Kier molecular flexibility index (Phi) is 4.68. The molecule has 3 aromatic rings. The van der Waals surface area contributed by atoms with Crippen LogP contribution in [0.25, 0.3) is 10.2 Å². The Hall–Kier alpha value is -3.06. The molecular weight excluding hydrogens is 374 g/mol. The molecule has 6 nitrogen and oxygen atoms in total. The molecule has 1 aliphatic heterocycles. The molecule has 1 aromatic heterocycles. The van der Waals surface area contributed by atoms with Gasteiger partial charge in [-0.2, -0.15) is 0 Å². The maximum absolute atomic E-state index is 12.8. The van der Waals surface area contributed by atoms with Gasteiger partial charge in [-0.25, -0.2) is 4.98 Å². The summed E-state index contributed by atoms with van der Waals surface area (Å²) >= 11 is 1.54. The maximum Gasteiger partial charge on any atom is 0.261 e. The molecule has 0 saturated heterocycles. The number of benzene rings is 2. The molecule has 3 amide bonds. The number of hydrogen-bond donors (Lipinski definition) is 0. The number of likely N-dealkylation sites (N-methyl/N-ethyl adjacent to an activating group) is 1. The van der Waals surface area contributed by atoms with E-state index in [4.69, 9.17) is 0 Å². The highest BCUT2D eigenvalue weighted by molar-refractivity contribution is 7.18. The molecule has 7 heteroatoms. The van der Waals surface area contributed by atoms with Crippen molar-refractivity contribution in [3.05, 3.63) is 64.7 Å². The highest BCUT2D eigenvalue weighted by atomic mass is 32.1. The van der Waals surface area contributed by atoms with Crippen molar-refractivity contribution in [3.8, 4) is 0 Å². The second-order valence-corrected chi connectivity index (χ2v) is 7.88. The lowest BCUT2D eigenvalue weighted by Gasteiger charge is -2.29. The Labute approximate surface area is 166 Å². The summed E-state index contributed by atoms with van der Waals surface area (Å²) in [6.07, 6.45) is 0.131. The summed E-state index contributed by atoms with van der Waals surface area (Å²) in [5.41, 5.74) is 2.09. The summed E-state index contributed by atoms with van der Waals surface area (Å²) < 4.78 is 1.06. The van der Waals surface area contributed by atoms with E-state index in [9.17, 15) is 14.4 Å². The second kappa shape index (κ2) is 7.16. The molecule has 28 heavy (non-hydrogen) atoms. The van der Waals surface area contributed by atoms with Crippen LogP contribution in [0.3, 0.4) is 0 Å². The van der Waals surface area contributed by atoms with Crippen LogP contribution >= 0.6 is 11.3 Å². The summed E-state index contributed by atoms with van der Waals surface area (Å²) in [5.74, 6) is -1.06. The van der Waals surface area contributed by atoms with Gasteiger partial charge >= 0.3 is 0 Å². The minimum atomic E-state index is -0.416. The lowest BCUT2D eigenvalue weighted by atomic mass is 9.98. The number of carbonyl (C=O) groups is 3. The SMILES string of the molecule is C[C@@H](c1nc2ccccc2s1)N(C)C(=O)CN1C(=O)Cc2ccccc2C1=O. The zero-order chi connectivity index (χ0) is 19.8. The third kappa shape index (κ3) is 3.18. The smallest absolute Gasteiger partial charge is 0.261 e. The van der Waals surface area contributed by atoms with E-state index in [0.717, 1.165) is 20.1 Å². The quantitative estimate of drug-likeness (QED) is 0.639. The number of para-hydroxylation sites is 1. The normalized spacial score (nSPS) is 14.9. The van der Waals surface area contributed by atoms with Gasteiger partial charge in [0.05, 0.1) is 22.7 Å². The molecule has 0 saturated carbocycles. The molecule has 0 fully saturated rings. The van der Waals surface area contributed by atoms with Crippen molar-refractivity contribution in [2.45, 2.75) is 19.4 Å². The lowest BCUT2D eigenvalue weighted by Crippen LogP contribution is -2.48. The van der Waals surface area contributed by atoms with Gasteiger partial charge in [0.2, 0.25) is 11.8 Å². The van der Waals surface area contributed by atoms with Crippen LogP contribution in [0.1, 0.15) is 33.9 Å². The molecule has 2 aromatic carbocycles. The molecule has 142 valence electrons. The number of imide groups is 1. The van der Waals surface area contributed by atoms with Gasteiger partial charge in [-0.05, 0) is 30.7 Å². The Morgan fingerprint density at radius 3 is 2.68 bits per heavy atom. The first kappa shape index (κ1) is 18.3. The van der Waals surface area contributed by atoms with Crippen molar-refractivity contribution in [1.82, 2.24) is 14.8 Å². The number of carbonyl (C=O) groups excluding carboxylic acids is 3. The van der Waals surface area contributed by atoms with E-state index in [-0.39, 0.29) is 30.8 Å². The molecule has 0 N–H and O–H groups in total. The van der Waals surface area contributed by atoms with Crippen LogP contribution < -0.4 is 0 Å². The molecular formula is C21H19N3O3S. The average Bonchev–Trinajstić information content (AvgIpc) is 3.14. The topological polar surface area (TPSA) is 70.6 Å². The lowest BCUT2D eigenvalue weighted by molar-refractivity contribution is -0.138. The van der Waals surface area contributed by atoms with Gasteiger partial charge in [-0.15, -0.1) is 11.3 Å². The fourth-order valence-electron chi connectivity index (χ4n) is 3.26. The van der Waals surface area contributed by atoms with E-state index in [1.807, 2.05) is 31.2 Å². The first-order chi connectivity index (χ1) is 13.5. The zero-order valence-electron chi connectivity index (χ0n) is 15.6. The van der Waals surface area contributed by atoms with E-state index in [2.05, 4.69) is 4.98 Å². The van der Waals surface area contributed by atoms with Gasteiger partial charge in [0.25, 0.3) is 5.91 Å². The first-order valence-corrected chi connectivity index (χ1v) is 9.81. The minimum absolute atomic E-state index is 0.131. The molecule has 0 spiro atoms. The summed E-state index contributed by atoms with van der Waals surface area (Å²) in [6, 6.07) is 14.6. The Bertz CT molecular complexity index is 1060. The monoisotopic (exact) mass is 393 g/mol. The molecule has 0 radical (unpaired) electrons. The first-order valence-electron chi connectivity index (χ1n) is 8.99. The fraction of sp³-hybridized carbons (Fsp3) is 0.238. The summed E-state index contributed by atoms with van der Waals surface area (Å²) in [4.78, 5) is 45.1. The molecule has 1 atom stereocenters. The van der Waals surface area contributed by atoms with Gasteiger partial charge in [0, 0.05) is 12.6 Å². The number of amides is 3. The van der Waals surface area contributed by atoms with Crippen LogP contribution in [0.5, 0.6) is 0 Å². The van der Waals surface area contributed by atoms with Crippen LogP contribution in [0.2, 0.25) is 0 Å². The highest BCUT2D eigenvalue weighted by Gasteiger charge is 2.33. The molecule has 2 heterocycles. The van der Waals surface area contributed by atoms with E-state index >= 15 is 0 Å². The summed E-state index contributed by atoms with van der Waals surface area (Å²) in [7, 11) is 1.67. The number of thiazole rings is 1. The van der Waals surface area contributed by atoms with Crippen LogP contribution in [0.4, 0.5) is 0 Å². The van der Waals surface area contributed by atoms with Crippen molar-refractivity contribution in [2.75, 3.05) is 13.6 Å². The highest BCUT2D eigenvalue weighted by Crippen LogP contribution is 2.29. The van der Waals surface area contributed by atoms with E-state index in [1.165, 1.54) is 11.3 Å². The fourth-order valence-corrected chi connectivity index (χ4v) is 4.32. The average molecular weight is 393 g/mol. The third-order valence-corrected chi connectivity index (χ3v) is 6.28. The van der Waals surface area contributed by atoms with E-state index in [0.29, 0.717) is 11.1 Å². The van der Waals surface area contributed by atoms with Crippen molar-refractivity contribution in [3.63, 3.8) is 0 Å². The van der Waals surface area contributed by atoms with E-state index < -0.39 is 5.91 Å². The maximum atomic E-state index is 12.8. The molecule has 4 rings (SSSR count). The largest absolute Gasteiger partial charge is 0.335 e. The molecule has 0 aliphatic carbocycles. The van der Waals surface area contributed by atoms with Gasteiger partial charge in [-0.3, -0.25) is 19.3 Å². The number of hydrogen-bond acceptors (Lipinski definition) is 5. The van der Waals surface area contributed by atoms with Crippen molar-refractivity contribution < 1.29 is 14.4 Å². The zero-order valence-corrected chi connectivity index (χ0v) is 16.4. The van der Waals surface area contributed by atoms with Crippen molar-refractivity contribution in [2.24, 2.45) is 0 Å². The summed E-state index contributed by atoms with van der Waals surface area (Å²) in [5, 5.41) is 0.818. The Morgan fingerprint density at radius 1 is 1.18 bits per heavy atom. The second-order valence-electron chi connectivity index (χ2n) is 6.82. The van der Waals surface area contributed by atoms with Gasteiger partial charge < -0.3 is 4.90 Å². The third-order valence-electron chi connectivity index (χ3n) is 5.07. The minimum Gasteiger partial charge on any atom is -0.335 e. The standard InChI is InChI=1S/C21H19N3O3S/c1-13(20-22-16-9-5-6-10-17(16)28-20)23(2)19(26)12-24-18(25)11-14-7-3-4-8-15(14)21(24)27/h3-10,13H,11-12H2,1-2H3/t13-/m0/s1. The van der Waals surface area contributed by atoms with Crippen LogP contribution in [0, 0.1) is 0 Å². The van der Waals surface area contributed by atoms with Crippen LogP contribution in [-0.2, 0) is 16.0 Å². The van der Waals surface area contributed by atoms with Crippen molar-refractivity contribution >= 4 is 39.3 Å². The number of rotatable bonds is 4. The Morgan fingerprint density at radius 2 is 1.89 bits per heavy atom. The number of aromatic nitrogens is 1. The van der Waals surface area contributed by atoms with Crippen molar-refractivity contribution in [1.29, 1.82) is 0 Å². The van der Waals surface area contributed by atoms with Gasteiger partial charge in [0.1, 0.15) is 11.6 Å². The molecule has 1 aliphatic rings.